The summed E-state index contributed by atoms with van der Waals surface area (Å²) >= 11 is 0. The molecule has 0 fully saturated rings. The number of anilines is 1. The molecule has 0 saturated carbocycles. The van der Waals surface area contributed by atoms with Crippen LogP contribution >= 0.6 is 0 Å². The number of rotatable bonds is 9. The van der Waals surface area contributed by atoms with Gasteiger partial charge in [0.15, 0.2) is 0 Å². The predicted molar refractivity (Wildman–Crippen MR) is 105 cm³/mol. The molecule has 2 aromatic rings. The van der Waals surface area contributed by atoms with Gasteiger partial charge in [0.25, 0.3) is 0 Å². The quantitative estimate of drug-likeness (QED) is 0.678. The Hall–Kier alpha value is -2.58. The van der Waals surface area contributed by atoms with Gasteiger partial charge in [0.05, 0.1) is 18.0 Å². The van der Waals surface area contributed by atoms with E-state index in [1.165, 1.54) is 26.2 Å². The summed E-state index contributed by atoms with van der Waals surface area (Å²) in [6.07, 6.45) is 0. The molecule has 0 heterocycles. The zero-order valence-corrected chi connectivity index (χ0v) is 16.5. The van der Waals surface area contributed by atoms with Crippen LogP contribution < -0.4 is 19.7 Å². The van der Waals surface area contributed by atoms with Crippen LogP contribution in [0.15, 0.2) is 59.5 Å². The second-order valence-electron chi connectivity index (χ2n) is 6.07. The van der Waals surface area contributed by atoms with Crippen molar-refractivity contribution in [1.29, 1.82) is 0 Å². The smallest absolute Gasteiger partial charge is 0.241 e. The maximum absolute atomic E-state index is 12.4. The van der Waals surface area contributed by atoms with E-state index in [9.17, 15) is 13.2 Å². The number of likely N-dealkylation sites (N-methyl/N-ethyl adjacent to an activating group) is 1. The summed E-state index contributed by atoms with van der Waals surface area (Å²) in [5, 5.41) is 2.75. The average Bonchev–Trinajstić information content (AvgIpc) is 2.68. The third-order valence-electron chi connectivity index (χ3n) is 4.04. The Balaban J connectivity index is 1.85. The molecule has 7 nitrogen and oxygen atoms in total. The van der Waals surface area contributed by atoms with Gasteiger partial charge in [0, 0.05) is 25.8 Å². The summed E-state index contributed by atoms with van der Waals surface area (Å²) in [7, 11) is -0.359. The Morgan fingerprint density at radius 1 is 1.11 bits per heavy atom. The molecule has 27 heavy (non-hydrogen) atoms. The van der Waals surface area contributed by atoms with Crippen LogP contribution in [-0.2, 0) is 14.8 Å². The van der Waals surface area contributed by atoms with E-state index in [2.05, 4.69) is 10.0 Å². The molecule has 0 aliphatic rings. The highest BCUT2D eigenvalue weighted by Crippen LogP contribution is 2.15. The molecule has 0 aliphatic carbocycles. The topological polar surface area (TPSA) is 87.7 Å². The van der Waals surface area contributed by atoms with Gasteiger partial charge in [-0.1, -0.05) is 18.2 Å². The minimum absolute atomic E-state index is 0.0757. The minimum Gasteiger partial charge on any atom is -0.497 e. The largest absolute Gasteiger partial charge is 0.497 e. The minimum atomic E-state index is -3.79. The number of amides is 1. The lowest BCUT2D eigenvalue weighted by atomic mass is 10.3. The number of methoxy groups -OCH3 is 1. The number of ether oxygens (including phenoxy) is 1. The summed E-state index contributed by atoms with van der Waals surface area (Å²) in [5.41, 5.74) is 1.04. The second-order valence-corrected chi connectivity index (χ2v) is 7.78. The third-order valence-corrected chi connectivity index (χ3v) is 5.59. The summed E-state index contributed by atoms with van der Waals surface area (Å²) in [4.78, 5) is 14.3. The van der Waals surface area contributed by atoms with Crippen molar-refractivity contribution in [2.45, 2.75) is 17.9 Å². The highest BCUT2D eigenvalue weighted by Gasteiger charge is 2.21. The van der Waals surface area contributed by atoms with Crippen molar-refractivity contribution in [2.24, 2.45) is 0 Å². The molecule has 2 rings (SSSR count). The predicted octanol–water partition coefficient (Wildman–Crippen LogP) is 1.61. The highest BCUT2D eigenvalue weighted by atomic mass is 32.2. The molecule has 8 heteroatoms. The van der Waals surface area contributed by atoms with Gasteiger partial charge in [-0.3, -0.25) is 4.79 Å². The molecule has 0 unspecified atom stereocenters. The molecule has 2 N–H and O–H groups in total. The first kappa shape index (κ1) is 20.7. The molecule has 2 aromatic carbocycles. The number of para-hydroxylation sites is 1. The number of hydrogen-bond acceptors (Lipinski definition) is 5. The Labute approximate surface area is 160 Å². The van der Waals surface area contributed by atoms with Crippen LogP contribution in [0.2, 0.25) is 0 Å². The molecule has 0 aliphatic heterocycles. The van der Waals surface area contributed by atoms with E-state index >= 15 is 0 Å². The Morgan fingerprint density at radius 3 is 2.33 bits per heavy atom. The van der Waals surface area contributed by atoms with Crippen LogP contribution in [0, 0.1) is 0 Å². The van der Waals surface area contributed by atoms with Crippen molar-refractivity contribution >= 4 is 21.6 Å². The van der Waals surface area contributed by atoms with Crippen molar-refractivity contribution in [3.63, 3.8) is 0 Å². The van der Waals surface area contributed by atoms with Crippen molar-refractivity contribution in [1.82, 2.24) is 10.0 Å². The van der Waals surface area contributed by atoms with Crippen LogP contribution in [0.4, 0.5) is 5.69 Å². The molecular weight excluding hydrogens is 366 g/mol. The van der Waals surface area contributed by atoms with Crippen LogP contribution in [0.25, 0.3) is 0 Å². The maximum Gasteiger partial charge on any atom is 0.241 e. The standard InChI is InChI=1S/C19H25N3O4S/c1-15(21-27(24,25)18-11-9-17(26-3)10-12-18)19(23)20-13-14-22(2)16-7-5-4-6-8-16/h4-12,15,21H,13-14H2,1-3H3,(H,20,23)/t15-/m1/s1. The van der Waals surface area contributed by atoms with Gasteiger partial charge in [-0.25, -0.2) is 8.42 Å². The van der Waals surface area contributed by atoms with E-state index in [-0.39, 0.29) is 10.8 Å². The fourth-order valence-electron chi connectivity index (χ4n) is 2.42. The summed E-state index contributed by atoms with van der Waals surface area (Å²) in [5.74, 6) is 0.177. The average molecular weight is 391 g/mol. The van der Waals surface area contributed by atoms with Gasteiger partial charge < -0.3 is 15.0 Å². The number of hydrogen-bond donors (Lipinski definition) is 2. The van der Waals surface area contributed by atoms with Gasteiger partial charge in [-0.2, -0.15) is 4.72 Å². The van der Waals surface area contributed by atoms with E-state index in [1.807, 2.05) is 42.3 Å². The third kappa shape index (κ3) is 5.97. The van der Waals surface area contributed by atoms with Crippen molar-refractivity contribution in [3.05, 3.63) is 54.6 Å². The number of nitrogens with zero attached hydrogens (tertiary/aromatic N) is 1. The van der Waals surface area contributed by atoms with E-state index in [4.69, 9.17) is 4.74 Å². The molecule has 1 amide bonds. The molecule has 1 atom stereocenters. The first-order chi connectivity index (χ1) is 12.8. The summed E-state index contributed by atoms with van der Waals surface area (Å²) < 4.78 is 32.1. The fourth-order valence-corrected chi connectivity index (χ4v) is 3.62. The van der Waals surface area contributed by atoms with E-state index in [1.54, 1.807) is 12.1 Å². The molecule has 0 radical (unpaired) electrons. The van der Waals surface area contributed by atoms with E-state index in [0.29, 0.717) is 18.8 Å². The fraction of sp³-hybridized carbons (Fsp3) is 0.316. The van der Waals surface area contributed by atoms with Gasteiger partial charge in [0.2, 0.25) is 15.9 Å². The monoisotopic (exact) mass is 391 g/mol. The van der Waals surface area contributed by atoms with E-state index < -0.39 is 16.1 Å². The summed E-state index contributed by atoms with van der Waals surface area (Å²) in [6.45, 7) is 2.52. The molecule has 146 valence electrons. The first-order valence-electron chi connectivity index (χ1n) is 8.54. The first-order valence-corrected chi connectivity index (χ1v) is 10.0. The Morgan fingerprint density at radius 2 is 1.74 bits per heavy atom. The second kappa shape index (κ2) is 9.38. The number of carbonyl (C=O) groups is 1. The molecule has 0 aromatic heterocycles. The zero-order chi connectivity index (χ0) is 19.9. The van der Waals surface area contributed by atoms with Crippen molar-refractivity contribution < 1.29 is 17.9 Å². The van der Waals surface area contributed by atoms with Gasteiger partial charge in [-0.15, -0.1) is 0 Å². The SMILES string of the molecule is COc1ccc(S(=O)(=O)N[C@H](C)C(=O)NCCN(C)c2ccccc2)cc1. The number of benzene rings is 2. The van der Waals surface area contributed by atoms with Gasteiger partial charge >= 0.3 is 0 Å². The maximum atomic E-state index is 12.4. The normalized spacial score (nSPS) is 12.3. The summed E-state index contributed by atoms with van der Waals surface area (Å²) in [6, 6.07) is 14.9. The van der Waals surface area contributed by atoms with Crippen molar-refractivity contribution in [2.75, 3.05) is 32.1 Å². The van der Waals surface area contributed by atoms with Gasteiger partial charge in [0.1, 0.15) is 5.75 Å². The molecular formula is C19H25N3O4S. The molecule has 0 bridgehead atoms. The van der Waals surface area contributed by atoms with Crippen LogP contribution in [0.1, 0.15) is 6.92 Å². The van der Waals surface area contributed by atoms with Crippen LogP contribution in [0.5, 0.6) is 5.75 Å². The van der Waals surface area contributed by atoms with E-state index in [0.717, 1.165) is 5.69 Å². The van der Waals surface area contributed by atoms with Crippen LogP contribution in [-0.4, -0.2) is 47.6 Å². The zero-order valence-electron chi connectivity index (χ0n) is 15.7. The highest BCUT2D eigenvalue weighted by molar-refractivity contribution is 7.89. The Kier molecular flexibility index (Phi) is 7.20. The van der Waals surface area contributed by atoms with Crippen molar-refractivity contribution in [3.8, 4) is 5.75 Å². The number of nitrogens with one attached hydrogen (secondary N) is 2. The number of sulfonamides is 1. The molecule has 0 saturated heterocycles. The lowest BCUT2D eigenvalue weighted by Crippen LogP contribution is -2.46. The lowest BCUT2D eigenvalue weighted by Gasteiger charge is -2.20. The lowest BCUT2D eigenvalue weighted by molar-refractivity contribution is -0.122. The van der Waals surface area contributed by atoms with Gasteiger partial charge in [-0.05, 0) is 43.3 Å². The molecule has 0 spiro atoms. The number of carbonyl (C=O) groups excluding carboxylic acids is 1. The van der Waals surface area contributed by atoms with Crippen LogP contribution in [0.3, 0.4) is 0 Å². The Bertz CT molecular complexity index is 839.